The second-order valence-electron chi connectivity index (χ2n) is 3.51. The molecule has 3 heteroatoms. The molecule has 0 radical (unpaired) electrons. The average molecular weight is 187 g/mol. The molecule has 0 rings (SSSR count). The highest BCUT2D eigenvalue weighted by molar-refractivity contribution is 5.67. The molecule has 0 aromatic carbocycles. The zero-order valence-corrected chi connectivity index (χ0v) is 9.33. The summed E-state index contributed by atoms with van der Waals surface area (Å²) in [5.74, 6) is 0. The second kappa shape index (κ2) is 5.84. The van der Waals surface area contributed by atoms with Crippen molar-refractivity contribution in [2.45, 2.75) is 52.7 Å². The highest BCUT2D eigenvalue weighted by atomic mass is 16.6. The van der Waals surface area contributed by atoms with Crippen LogP contribution in [-0.4, -0.2) is 30.2 Å². The molecule has 0 aromatic heterocycles. The number of nitrogens with zero attached hydrogens (tertiary/aromatic N) is 1. The van der Waals surface area contributed by atoms with Gasteiger partial charge in [0.2, 0.25) is 0 Å². The Morgan fingerprint density at radius 1 is 1.31 bits per heavy atom. The van der Waals surface area contributed by atoms with Gasteiger partial charge < -0.3 is 9.64 Å². The van der Waals surface area contributed by atoms with Crippen LogP contribution < -0.4 is 0 Å². The summed E-state index contributed by atoms with van der Waals surface area (Å²) in [4.78, 5) is 13.1. The second-order valence-corrected chi connectivity index (χ2v) is 3.51. The predicted octanol–water partition coefficient (Wildman–Crippen LogP) is 2.65. The van der Waals surface area contributed by atoms with Gasteiger partial charge in [-0.1, -0.05) is 13.8 Å². The largest absolute Gasteiger partial charge is 0.447 e. The molecule has 0 N–H and O–H groups in total. The fourth-order valence-corrected chi connectivity index (χ4v) is 1.27. The van der Waals surface area contributed by atoms with Gasteiger partial charge in [-0.15, -0.1) is 0 Å². The van der Waals surface area contributed by atoms with Crippen LogP contribution in [0.3, 0.4) is 0 Å². The molecular weight excluding hydrogens is 166 g/mol. The van der Waals surface area contributed by atoms with Gasteiger partial charge in [-0.3, -0.25) is 0 Å². The van der Waals surface area contributed by atoms with Gasteiger partial charge in [0.25, 0.3) is 0 Å². The van der Waals surface area contributed by atoms with Gasteiger partial charge in [0.15, 0.2) is 0 Å². The van der Waals surface area contributed by atoms with E-state index >= 15 is 0 Å². The molecule has 0 spiro atoms. The molecule has 3 nitrogen and oxygen atoms in total. The number of rotatable bonds is 4. The summed E-state index contributed by atoms with van der Waals surface area (Å²) in [6.07, 6.45) is 1.69. The summed E-state index contributed by atoms with van der Waals surface area (Å²) in [6.45, 7) is 7.87. The van der Waals surface area contributed by atoms with Crippen LogP contribution in [0.15, 0.2) is 0 Å². The molecule has 0 saturated carbocycles. The van der Waals surface area contributed by atoms with Crippen LogP contribution >= 0.6 is 0 Å². The van der Waals surface area contributed by atoms with E-state index in [-0.39, 0.29) is 12.2 Å². The van der Waals surface area contributed by atoms with Gasteiger partial charge in [0.05, 0.1) is 6.10 Å². The van der Waals surface area contributed by atoms with Crippen molar-refractivity contribution in [1.82, 2.24) is 4.90 Å². The molecule has 0 atom stereocenters. The monoisotopic (exact) mass is 187 g/mol. The normalized spacial score (nSPS) is 10.7. The minimum Gasteiger partial charge on any atom is -0.447 e. The van der Waals surface area contributed by atoms with E-state index in [1.54, 1.807) is 11.9 Å². The lowest BCUT2D eigenvalue weighted by atomic mass is 10.1. The third-order valence-corrected chi connectivity index (χ3v) is 2.11. The fourth-order valence-electron chi connectivity index (χ4n) is 1.27. The van der Waals surface area contributed by atoms with Crippen LogP contribution in [0.25, 0.3) is 0 Å². The van der Waals surface area contributed by atoms with Gasteiger partial charge in [0.1, 0.15) is 0 Å². The molecular formula is C10H21NO2. The molecule has 0 bridgehead atoms. The lowest BCUT2D eigenvalue weighted by molar-refractivity contribution is 0.0710. The summed E-state index contributed by atoms with van der Waals surface area (Å²) in [6, 6.07) is 0.297. The maximum absolute atomic E-state index is 11.4. The third kappa shape index (κ3) is 4.15. The van der Waals surface area contributed by atoms with Crippen molar-refractivity contribution < 1.29 is 9.53 Å². The summed E-state index contributed by atoms with van der Waals surface area (Å²) in [5, 5.41) is 0. The van der Waals surface area contributed by atoms with Crippen molar-refractivity contribution in [2.24, 2.45) is 0 Å². The first-order valence-electron chi connectivity index (χ1n) is 4.96. The molecule has 78 valence electrons. The van der Waals surface area contributed by atoms with Gasteiger partial charge in [-0.05, 0) is 26.7 Å². The average Bonchev–Trinajstić information content (AvgIpc) is 2.05. The topological polar surface area (TPSA) is 29.5 Å². The molecule has 1 amide bonds. The quantitative estimate of drug-likeness (QED) is 0.677. The number of ether oxygens (including phenoxy) is 1. The maximum atomic E-state index is 11.4. The van der Waals surface area contributed by atoms with Crippen LogP contribution in [0.5, 0.6) is 0 Å². The summed E-state index contributed by atoms with van der Waals surface area (Å²) >= 11 is 0. The first kappa shape index (κ1) is 12.3. The molecule has 0 aliphatic rings. The third-order valence-electron chi connectivity index (χ3n) is 2.11. The number of carbonyl (C=O) groups is 1. The van der Waals surface area contributed by atoms with E-state index in [9.17, 15) is 4.79 Å². The highest BCUT2D eigenvalue weighted by Crippen LogP contribution is 2.08. The van der Waals surface area contributed by atoms with E-state index in [1.165, 1.54) is 0 Å². The van der Waals surface area contributed by atoms with Gasteiger partial charge in [0, 0.05) is 13.1 Å². The van der Waals surface area contributed by atoms with E-state index in [2.05, 4.69) is 13.8 Å². The molecule has 0 aromatic rings. The minimum absolute atomic E-state index is 0.0377. The van der Waals surface area contributed by atoms with Crippen molar-refractivity contribution in [3.05, 3.63) is 0 Å². The number of carbonyl (C=O) groups excluding carboxylic acids is 1. The summed E-state index contributed by atoms with van der Waals surface area (Å²) in [7, 11) is 1.79. The molecule has 0 heterocycles. The molecule has 0 aliphatic heterocycles. The molecule has 0 fully saturated rings. The SMILES string of the molecule is CCC(CC)N(C)C(=O)OC(C)C. The first-order valence-corrected chi connectivity index (χ1v) is 4.96. The number of hydrogen-bond acceptors (Lipinski definition) is 2. The van der Waals surface area contributed by atoms with Crippen LogP contribution in [0.1, 0.15) is 40.5 Å². The van der Waals surface area contributed by atoms with Gasteiger partial charge in [-0.2, -0.15) is 0 Å². The zero-order valence-electron chi connectivity index (χ0n) is 9.33. The van der Waals surface area contributed by atoms with Crippen molar-refractivity contribution in [1.29, 1.82) is 0 Å². The highest BCUT2D eigenvalue weighted by Gasteiger charge is 2.18. The van der Waals surface area contributed by atoms with Crippen molar-refractivity contribution in [2.75, 3.05) is 7.05 Å². The van der Waals surface area contributed by atoms with Crippen molar-refractivity contribution >= 4 is 6.09 Å². The van der Waals surface area contributed by atoms with E-state index in [1.807, 2.05) is 13.8 Å². The maximum Gasteiger partial charge on any atom is 0.409 e. The Morgan fingerprint density at radius 2 is 1.77 bits per heavy atom. The standard InChI is InChI=1S/C10H21NO2/c1-6-9(7-2)11(5)10(12)13-8(3)4/h8-9H,6-7H2,1-5H3. The minimum atomic E-state index is -0.219. The predicted molar refractivity (Wildman–Crippen MR) is 53.8 cm³/mol. The van der Waals surface area contributed by atoms with Gasteiger partial charge in [-0.25, -0.2) is 4.79 Å². The Kier molecular flexibility index (Phi) is 5.51. The first-order chi connectivity index (χ1) is 6.02. The van der Waals surface area contributed by atoms with Gasteiger partial charge >= 0.3 is 6.09 Å². The summed E-state index contributed by atoms with van der Waals surface area (Å²) in [5.41, 5.74) is 0. The van der Waals surface area contributed by atoms with E-state index in [0.717, 1.165) is 12.8 Å². The Labute approximate surface area is 81.1 Å². The van der Waals surface area contributed by atoms with Crippen LogP contribution in [0, 0.1) is 0 Å². The Balaban J connectivity index is 4.07. The summed E-state index contributed by atoms with van der Waals surface area (Å²) < 4.78 is 5.08. The van der Waals surface area contributed by atoms with Crippen LogP contribution in [0.4, 0.5) is 4.79 Å². The molecule has 13 heavy (non-hydrogen) atoms. The molecule has 0 unspecified atom stereocenters. The molecule has 0 aliphatic carbocycles. The fraction of sp³-hybridized carbons (Fsp3) is 0.900. The van der Waals surface area contributed by atoms with E-state index in [0.29, 0.717) is 6.04 Å². The Hall–Kier alpha value is -0.730. The Morgan fingerprint density at radius 3 is 2.08 bits per heavy atom. The zero-order chi connectivity index (χ0) is 10.4. The van der Waals surface area contributed by atoms with E-state index in [4.69, 9.17) is 4.74 Å². The number of amides is 1. The lowest BCUT2D eigenvalue weighted by Gasteiger charge is -2.26. The smallest absolute Gasteiger partial charge is 0.409 e. The van der Waals surface area contributed by atoms with Crippen molar-refractivity contribution in [3.8, 4) is 0 Å². The van der Waals surface area contributed by atoms with E-state index < -0.39 is 0 Å². The lowest BCUT2D eigenvalue weighted by Crippen LogP contribution is -2.37. The Bertz CT molecular complexity index is 153. The van der Waals surface area contributed by atoms with Crippen LogP contribution in [-0.2, 0) is 4.74 Å². The van der Waals surface area contributed by atoms with Crippen LogP contribution in [0.2, 0.25) is 0 Å². The number of hydrogen-bond donors (Lipinski definition) is 0. The van der Waals surface area contributed by atoms with Crippen molar-refractivity contribution in [3.63, 3.8) is 0 Å². The molecule has 0 saturated heterocycles.